The van der Waals surface area contributed by atoms with Gasteiger partial charge < -0.3 is 20.5 Å². The number of hydrogen-bond donors (Lipinski definition) is 3. The average Bonchev–Trinajstić information content (AvgIpc) is 2.52. The highest BCUT2D eigenvalue weighted by Gasteiger charge is 2.24. The van der Waals surface area contributed by atoms with E-state index in [1.165, 1.54) is 0 Å². The summed E-state index contributed by atoms with van der Waals surface area (Å²) in [6.07, 6.45) is 1.46. The molecular formula is C15H22N2O3. The molecule has 2 rings (SSSR count). The molecule has 1 heterocycles. The first-order chi connectivity index (χ1) is 9.79. The second-order valence-corrected chi connectivity index (χ2v) is 5.08. The summed E-state index contributed by atoms with van der Waals surface area (Å²) in [7, 11) is 0. The second-order valence-electron chi connectivity index (χ2n) is 5.08. The van der Waals surface area contributed by atoms with Gasteiger partial charge in [0.25, 0.3) is 0 Å². The van der Waals surface area contributed by atoms with Crippen molar-refractivity contribution in [1.29, 1.82) is 0 Å². The van der Waals surface area contributed by atoms with Crippen molar-refractivity contribution in [1.82, 2.24) is 10.6 Å². The summed E-state index contributed by atoms with van der Waals surface area (Å²) in [5.74, 6) is 0.311. The van der Waals surface area contributed by atoms with E-state index >= 15 is 0 Å². The number of rotatable bonds is 5. The number of piperidine rings is 1. The maximum atomic E-state index is 11.8. The molecule has 1 aromatic carbocycles. The van der Waals surface area contributed by atoms with Crippen LogP contribution in [0.4, 0.5) is 4.79 Å². The van der Waals surface area contributed by atoms with Crippen molar-refractivity contribution in [3.05, 3.63) is 35.9 Å². The zero-order valence-corrected chi connectivity index (χ0v) is 11.5. The van der Waals surface area contributed by atoms with Crippen LogP contribution in [0.15, 0.2) is 30.3 Å². The van der Waals surface area contributed by atoms with E-state index in [1.807, 2.05) is 30.3 Å². The summed E-state index contributed by atoms with van der Waals surface area (Å²) in [5, 5.41) is 15.5. The Morgan fingerprint density at radius 1 is 1.35 bits per heavy atom. The molecule has 0 aromatic heterocycles. The molecule has 0 bridgehead atoms. The highest BCUT2D eigenvalue weighted by atomic mass is 16.5. The zero-order valence-electron chi connectivity index (χ0n) is 11.5. The molecule has 1 amide bonds. The lowest BCUT2D eigenvalue weighted by Gasteiger charge is -2.29. The van der Waals surface area contributed by atoms with Crippen molar-refractivity contribution in [3.8, 4) is 0 Å². The minimum atomic E-state index is -0.466. The molecule has 1 fully saturated rings. The van der Waals surface area contributed by atoms with Crippen molar-refractivity contribution in [2.45, 2.75) is 25.5 Å². The van der Waals surface area contributed by atoms with E-state index in [1.54, 1.807) is 0 Å². The molecule has 1 saturated heterocycles. The maximum Gasteiger partial charge on any atom is 0.407 e. The fourth-order valence-electron chi connectivity index (χ4n) is 2.48. The molecule has 1 aromatic rings. The van der Waals surface area contributed by atoms with E-state index < -0.39 is 6.09 Å². The van der Waals surface area contributed by atoms with Crippen LogP contribution in [0.25, 0.3) is 0 Å². The number of amides is 1. The van der Waals surface area contributed by atoms with E-state index in [2.05, 4.69) is 10.6 Å². The average molecular weight is 278 g/mol. The first-order valence-corrected chi connectivity index (χ1v) is 7.08. The summed E-state index contributed by atoms with van der Waals surface area (Å²) in [4.78, 5) is 11.8. The Balaban J connectivity index is 1.77. The number of nitrogens with one attached hydrogen (secondary N) is 2. The number of ether oxygens (including phenoxy) is 1. The predicted molar refractivity (Wildman–Crippen MR) is 76.2 cm³/mol. The van der Waals surface area contributed by atoms with Gasteiger partial charge in [0.1, 0.15) is 6.61 Å². The quantitative estimate of drug-likeness (QED) is 0.758. The van der Waals surface area contributed by atoms with E-state index in [0.717, 1.165) is 31.5 Å². The summed E-state index contributed by atoms with van der Waals surface area (Å²) < 4.78 is 5.17. The normalized spacial score (nSPS) is 17.4. The fraction of sp³-hybridized carbons (Fsp3) is 0.533. The van der Waals surface area contributed by atoms with Gasteiger partial charge in [0, 0.05) is 0 Å². The molecule has 5 heteroatoms. The van der Waals surface area contributed by atoms with Crippen LogP contribution in [-0.4, -0.2) is 36.9 Å². The van der Waals surface area contributed by atoms with Crippen molar-refractivity contribution >= 4 is 6.09 Å². The number of aliphatic hydroxyl groups is 1. The molecule has 1 aliphatic heterocycles. The Hall–Kier alpha value is -1.59. The molecule has 0 radical (unpaired) electrons. The van der Waals surface area contributed by atoms with Crippen LogP contribution in [0.1, 0.15) is 18.4 Å². The van der Waals surface area contributed by atoms with E-state index in [9.17, 15) is 9.90 Å². The maximum absolute atomic E-state index is 11.8. The topological polar surface area (TPSA) is 70.6 Å². The monoisotopic (exact) mass is 278 g/mol. The Kier molecular flexibility index (Phi) is 5.83. The molecule has 0 saturated carbocycles. The molecule has 1 atom stereocenters. The number of alkyl carbamates (subject to hydrolysis) is 1. The highest BCUT2D eigenvalue weighted by molar-refractivity contribution is 5.67. The standard InChI is InChI=1S/C15H22N2O3/c18-10-14(13-6-8-16-9-7-13)17-15(19)20-11-12-4-2-1-3-5-12/h1-5,13-14,16,18H,6-11H2,(H,17,19)/t14-/m1/s1. The zero-order chi connectivity index (χ0) is 14.2. The fourth-order valence-corrected chi connectivity index (χ4v) is 2.48. The summed E-state index contributed by atoms with van der Waals surface area (Å²) in [6, 6.07) is 9.32. The van der Waals surface area contributed by atoms with E-state index in [4.69, 9.17) is 4.74 Å². The number of hydrogen-bond acceptors (Lipinski definition) is 4. The molecule has 0 spiro atoms. The van der Waals surface area contributed by atoms with Gasteiger partial charge in [-0.2, -0.15) is 0 Å². The number of carbonyl (C=O) groups excluding carboxylic acids is 1. The Morgan fingerprint density at radius 3 is 2.70 bits per heavy atom. The Labute approximate surface area is 119 Å². The first-order valence-electron chi connectivity index (χ1n) is 7.08. The third kappa shape index (κ3) is 4.51. The van der Waals surface area contributed by atoms with Crippen LogP contribution in [0.2, 0.25) is 0 Å². The van der Waals surface area contributed by atoms with Gasteiger partial charge in [-0.25, -0.2) is 4.79 Å². The van der Waals surface area contributed by atoms with Crippen molar-refractivity contribution in [3.63, 3.8) is 0 Å². The van der Waals surface area contributed by atoms with Crippen molar-refractivity contribution in [2.24, 2.45) is 5.92 Å². The summed E-state index contributed by atoms with van der Waals surface area (Å²) >= 11 is 0. The molecule has 1 aliphatic rings. The van der Waals surface area contributed by atoms with Crippen molar-refractivity contribution in [2.75, 3.05) is 19.7 Å². The lowest BCUT2D eigenvalue weighted by atomic mass is 9.91. The molecule has 0 aliphatic carbocycles. The van der Waals surface area contributed by atoms with Crippen LogP contribution < -0.4 is 10.6 Å². The smallest absolute Gasteiger partial charge is 0.407 e. The van der Waals surface area contributed by atoms with Gasteiger partial charge in [0.05, 0.1) is 12.6 Å². The van der Waals surface area contributed by atoms with Gasteiger partial charge in [0.15, 0.2) is 0 Å². The minimum absolute atomic E-state index is 0.0505. The SMILES string of the molecule is O=C(N[C@H](CO)C1CCNCC1)OCc1ccccc1. The van der Waals surface area contributed by atoms with Crippen LogP contribution in [0.5, 0.6) is 0 Å². The van der Waals surface area contributed by atoms with Crippen LogP contribution >= 0.6 is 0 Å². The minimum Gasteiger partial charge on any atom is -0.445 e. The van der Waals surface area contributed by atoms with Gasteiger partial charge >= 0.3 is 6.09 Å². The molecule has 20 heavy (non-hydrogen) atoms. The third-order valence-electron chi connectivity index (χ3n) is 3.67. The first kappa shape index (κ1) is 14.8. The van der Waals surface area contributed by atoms with Gasteiger partial charge in [-0.05, 0) is 37.4 Å². The van der Waals surface area contributed by atoms with Crippen LogP contribution in [-0.2, 0) is 11.3 Å². The van der Waals surface area contributed by atoms with Gasteiger partial charge in [-0.15, -0.1) is 0 Å². The summed E-state index contributed by atoms with van der Waals surface area (Å²) in [6.45, 7) is 2.06. The van der Waals surface area contributed by atoms with Crippen molar-refractivity contribution < 1.29 is 14.6 Å². The van der Waals surface area contributed by atoms with E-state index in [-0.39, 0.29) is 19.3 Å². The number of aliphatic hydroxyl groups excluding tert-OH is 1. The Bertz CT molecular complexity index is 405. The number of benzene rings is 1. The van der Waals surface area contributed by atoms with Gasteiger partial charge in [-0.3, -0.25) is 0 Å². The molecule has 0 unspecified atom stereocenters. The molecular weight excluding hydrogens is 256 g/mol. The lowest BCUT2D eigenvalue weighted by Crippen LogP contribution is -2.46. The van der Waals surface area contributed by atoms with Gasteiger partial charge in [0.2, 0.25) is 0 Å². The summed E-state index contributed by atoms with van der Waals surface area (Å²) in [5.41, 5.74) is 0.949. The van der Waals surface area contributed by atoms with Gasteiger partial charge in [-0.1, -0.05) is 30.3 Å². The molecule has 3 N–H and O–H groups in total. The van der Waals surface area contributed by atoms with Crippen LogP contribution in [0, 0.1) is 5.92 Å². The lowest BCUT2D eigenvalue weighted by molar-refractivity contribution is 0.116. The predicted octanol–water partition coefficient (Wildman–Crippen LogP) is 1.27. The van der Waals surface area contributed by atoms with E-state index in [0.29, 0.717) is 5.92 Å². The Morgan fingerprint density at radius 2 is 2.05 bits per heavy atom. The highest BCUT2D eigenvalue weighted by Crippen LogP contribution is 2.16. The largest absolute Gasteiger partial charge is 0.445 e. The second kappa shape index (κ2) is 7.87. The molecule has 5 nitrogen and oxygen atoms in total. The number of carbonyl (C=O) groups is 1. The molecule has 110 valence electrons. The van der Waals surface area contributed by atoms with Crippen LogP contribution in [0.3, 0.4) is 0 Å². The third-order valence-corrected chi connectivity index (χ3v) is 3.67.